The molecule has 0 fully saturated rings. The molecular weight excluding hydrogens is 231 g/mol. The molecule has 0 bridgehead atoms. The van der Waals surface area contributed by atoms with Gasteiger partial charge >= 0.3 is 6.18 Å². The summed E-state index contributed by atoms with van der Waals surface area (Å²) in [4.78, 5) is 0. The van der Waals surface area contributed by atoms with Crippen LogP contribution < -0.4 is 5.73 Å². The summed E-state index contributed by atoms with van der Waals surface area (Å²) in [7, 11) is 0. The molecule has 3 N–H and O–H groups in total. The maximum atomic E-state index is 12.8. The van der Waals surface area contributed by atoms with Crippen molar-refractivity contribution in [2.24, 2.45) is 5.73 Å². The lowest BCUT2D eigenvalue weighted by Crippen LogP contribution is -2.08. The minimum absolute atomic E-state index is 0.0675. The van der Waals surface area contributed by atoms with Gasteiger partial charge in [-0.3, -0.25) is 5.10 Å². The number of nitrogens with one attached hydrogen (secondary N) is 1. The molecule has 1 heterocycles. The molecule has 0 unspecified atom stereocenters. The van der Waals surface area contributed by atoms with Crippen LogP contribution in [0.1, 0.15) is 11.1 Å². The second-order valence-corrected chi connectivity index (χ2v) is 3.52. The molecule has 0 aliphatic carbocycles. The van der Waals surface area contributed by atoms with Gasteiger partial charge in [0.05, 0.1) is 17.5 Å². The van der Waals surface area contributed by atoms with E-state index in [-0.39, 0.29) is 12.1 Å². The first-order chi connectivity index (χ1) is 8.04. The van der Waals surface area contributed by atoms with Crippen molar-refractivity contribution >= 4 is 0 Å². The predicted molar refractivity (Wildman–Crippen MR) is 56.9 cm³/mol. The lowest BCUT2D eigenvalue weighted by atomic mass is 10.0. The van der Waals surface area contributed by atoms with Gasteiger partial charge in [0.15, 0.2) is 0 Å². The van der Waals surface area contributed by atoms with Crippen LogP contribution in [0.3, 0.4) is 0 Å². The number of aromatic nitrogens is 2. The lowest BCUT2D eigenvalue weighted by molar-refractivity contribution is -0.137. The van der Waals surface area contributed by atoms with Crippen molar-refractivity contribution in [3.05, 3.63) is 41.6 Å². The van der Waals surface area contributed by atoms with E-state index in [4.69, 9.17) is 5.73 Å². The molecule has 0 radical (unpaired) electrons. The third-order valence-corrected chi connectivity index (χ3v) is 2.44. The standard InChI is InChI=1S/C11H10F3N3/c12-11(13,14)9-4-2-1-3-8(9)10-7(5-15)6-16-17-10/h1-4,6H,5,15H2,(H,16,17). The quantitative estimate of drug-likeness (QED) is 0.848. The molecule has 0 amide bonds. The molecule has 0 saturated heterocycles. The van der Waals surface area contributed by atoms with Gasteiger partial charge in [0.2, 0.25) is 0 Å². The Balaban J connectivity index is 2.60. The number of H-pyrrole nitrogens is 1. The fraction of sp³-hybridized carbons (Fsp3) is 0.182. The van der Waals surface area contributed by atoms with Crippen LogP contribution in [0.4, 0.5) is 13.2 Å². The highest BCUT2D eigenvalue weighted by Gasteiger charge is 2.34. The van der Waals surface area contributed by atoms with Gasteiger partial charge < -0.3 is 5.73 Å². The second-order valence-electron chi connectivity index (χ2n) is 3.52. The summed E-state index contributed by atoms with van der Waals surface area (Å²) in [6.45, 7) is 0.137. The molecule has 2 aromatic rings. The Kier molecular flexibility index (Phi) is 2.89. The molecule has 0 spiro atoms. The zero-order chi connectivity index (χ0) is 12.5. The molecule has 0 saturated carbocycles. The van der Waals surface area contributed by atoms with Crippen LogP contribution >= 0.6 is 0 Å². The van der Waals surface area contributed by atoms with E-state index in [1.807, 2.05) is 0 Å². The highest BCUT2D eigenvalue weighted by molar-refractivity contribution is 5.67. The number of nitrogens with zero attached hydrogens (tertiary/aromatic N) is 1. The van der Waals surface area contributed by atoms with E-state index in [1.165, 1.54) is 18.3 Å². The van der Waals surface area contributed by atoms with E-state index in [2.05, 4.69) is 10.2 Å². The molecule has 1 aromatic carbocycles. The molecule has 0 aliphatic heterocycles. The topological polar surface area (TPSA) is 54.7 Å². The van der Waals surface area contributed by atoms with Gasteiger partial charge in [0.25, 0.3) is 0 Å². The summed E-state index contributed by atoms with van der Waals surface area (Å²) in [5, 5.41) is 6.28. The van der Waals surface area contributed by atoms with Crippen LogP contribution in [-0.4, -0.2) is 10.2 Å². The van der Waals surface area contributed by atoms with Crippen LogP contribution in [0.25, 0.3) is 11.3 Å². The van der Waals surface area contributed by atoms with Crippen molar-refractivity contribution in [1.82, 2.24) is 10.2 Å². The summed E-state index contributed by atoms with van der Waals surface area (Å²) < 4.78 is 38.4. The van der Waals surface area contributed by atoms with Crippen molar-refractivity contribution in [1.29, 1.82) is 0 Å². The number of alkyl halides is 3. The maximum absolute atomic E-state index is 12.8. The third kappa shape index (κ3) is 2.16. The number of rotatable bonds is 2. The van der Waals surface area contributed by atoms with Gasteiger partial charge in [-0.15, -0.1) is 0 Å². The Hall–Kier alpha value is -1.82. The number of nitrogens with two attached hydrogens (primary N) is 1. The molecule has 0 aliphatic rings. The number of aromatic amines is 1. The summed E-state index contributed by atoms with van der Waals surface area (Å²) in [6.07, 6.45) is -2.96. The highest BCUT2D eigenvalue weighted by Crippen LogP contribution is 2.37. The maximum Gasteiger partial charge on any atom is 0.417 e. The molecular formula is C11H10F3N3. The molecule has 0 atom stereocenters. The van der Waals surface area contributed by atoms with E-state index in [0.717, 1.165) is 6.07 Å². The van der Waals surface area contributed by atoms with Gasteiger partial charge in [-0.05, 0) is 6.07 Å². The van der Waals surface area contributed by atoms with Gasteiger partial charge in [-0.25, -0.2) is 0 Å². The van der Waals surface area contributed by atoms with E-state index in [0.29, 0.717) is 11.3 Å². The summed E-state index contributed by atoms with van der Waals surface area (Å²) in [5.41, 5.74) is 5.70. The molecule has 17 heavy (non-hydrogen) atoms. The van der Waals surface area contributed by atoms with E-state index < -0.39 is 11.7 Å². The second kappa shape index (κ2) is 4.21. The van der Waals surface area contributed by atoms with E-state index in [1.54, 1.807) is 6.07 Å². The number of hydrogen-bond acceptors (Lipinski definition) is 2. The normalized spacial score (nSPS) is 11.8. The predicted octanol–water partition coefficient (Wildman–Crippen LogP) is 2.55. The number of halogens is 3. The average molecular weight is 241 g/mol. The smallest absolute Gasteiger partial charge is 0.326 e. The zero-order valence-corrected chi connectivity index (χ0v) is 8.75. The van der Waals surface area contributed by atoms with Crippen LogP contribution in [0.2, 0.25) is 0 Å². The molecule has 1 aromatic heterocycles. The van der Waals surface area contributed by atoms with Crippen molar-refractivity contribution < 1.29 is 13.2 Å². The van der Waals surface area contributed by atoms with Crippen LogP contribution in [0.15, 0.2) is 30.5 Å². The molecule has 90 valence electrons. The SMILES string of the molecule is NCc1cn[nH]c1-c1ccccc1C(F)(F)F. The highest BCUT2D eigenvalue weighted by atomic mass is 19.4. The van der Waals surface area contributed by atoms with Crippen molar-refractivity contribution in [3.8, 4) is 11.3 Å². The Labute approximate surface area is 95.5 Å². The largest absolute Gasteiger partial charge is 0.417 e. The lowest BCUT2D eigenvalue weighted by Gasteiger charge is -2.12. The Morgan fingerprint density at radius 3 is 2.59 bits per heavy atom. The summed E-state index contributed by atoms with van der Waals surface area (Å²) >= 11 is 0. The van der Waals surface area contributed by atoms with Crippen molar-refractivity contribution in [3.63, 3.8) is 0 Å². The molecule has 6 heteroatoms. The monoisotopic (exact) mass is 241 g/mol. The Morgan fingerprint density at radius 1 is 1.24 bits per heavy atom. The molecule has 3 nitrogen and oxygen atoms in total. The van der Waals surface area contributed by atoms with Crippen LogP contribution in [-0.2, 0) is 12.7 Å². The van der Waals surface area contributed by atoms with Crippen molar-refractivity contribution in [2.75, 3.05) is 0 Å². The minimum atomic E-state index is -4.40. The van der Waals surface area contributed by atoms with E-state index >= 15 is 0 Å². The number of hydrogen-bond donors (Lipinski definition) is 2. The van der Waals surface area contributed by atoms with Gasteiger partial charge in [-0.1, -0.05) is 18.2 Å². The van der Waals surface area contributed by atoms with Gasteiger partial charge in [0, 0.05) is 17.7 Å². The Morgan fingerprint density at radius 2 is 1.94 bits per heavy atom. The zero-order valence-electron chi connectivity index (χ0n) is 8.75. The fourth-order valence-electron chi connectivity index (χ4n) is 1.65. The minimum Gasteiger partial charge on any atom is -0.326 e. The number of benzene rings is 1. The fourth-order valence-corrected chi connectivity index (χ4v) is 1.65. The molecule has 2 rings (SSSR count). The third-order valence-electron chi connectivity index (χ3n) is 2.44. The summed E-state index contributed by atoms with van der Waals surface area (Å²) in [5.74, 6) is 0. The van der Waals surface area contributed by atoms with Crippen LogP contribution in [0.5, 0.6) is 0 Å². The van der Waals surface area contributed by atoms with Crippen LogP contribution in [0, 0.1) is 0 Å². The first-order valence-electron chi connectivity index (χ1n) is 4.93. The first kappa shape index (κ1) is 11.7. The first-order valence-corrected chi connectivity index (χ1v) is 4.93. The summed E-state index contributed by atoms with van der Waals surface area (Å²) in [6, 6.07) is 5.34. The van der Waals surface area contributed by atoms with Crippen molar-refractivity contribution in [2.45, 2.75) is 12.7 Å². The van der Waals surface area contributed by atoms with E-state index in [9.17, 15) is 13.2 Å². The van der Waals surface area contributed by atoms with Gasteiger partial charge in [0.1, 0.15) is 0 Å². The average Bonchev–Trinajstić information content (AvgIpc) is 2.75. The van der Waals surface area contributed by atoms with Gasteiger partial charge in [-0.2, -0.15) is 18.3 Å². The Bertz CT molecular complexity index is 517.